The van der Waals surface area contributed by atoms with E-state index >= 15 is 0 Å². The Morgan fingerprint density at radius 3 is 2.41 bits per heavy atom. The number of ketones is 2. The summed E-state index contributed by atoms with van der Waals surface area (Å²) in [6.45, 7) is 1.44. The first-order valence-corrected chi connectivity index (χ1v) is 7.26. The molecule has 108 valence electrons. The molecule has 3 aromatic rings. The molecule has 0 heterocycles. The fourth-order valence-corrected chi connectivity index (χ4v) is 2.67. The lowest BCUT2D eigenvalue weighted by atomic mass is 9.95. The number of Topliss-reactive ketones (excluding diaryl/α,β-unsaturated/α-hetero) is 2. The van der Waals surface area contributed by atoms with Gasteiger partial charge in [0.25, 0.3) is 0 Å². The van der Waals surface area contributed by atoms with E-state index in [-0.39, 0.29) is 18.0 Å². The number of carbonyl (C=O) groups excluding carboxylic acids is 2. The summed E-state index contributed by atoms with van der Waals surface area (Å²) in [5.74, 6) is -0.241. The van der Waals surface area contributed by atoms with E-state index in [4.69, 9.17) is 0 Å². The van der Waals surface area contributed by atoms with E-state index in [0.29, 0.717) is 5.56 Å². The largest absolute Gasteiger partial charge is 0.300 e. The first kappa shape index (κ1) is 14.2. The van der Waals surface area contributed by atoms with E-state index in [0.717, 1.165) is 16.5 Å². The summed E-state index contributed by atoms with van der Waals surface area (Å²) in [7, 11) is 0. The molecule has 3 rings (SSSR count). The van der Waals surface area contributed by atoms with Crippen LogP contribution >= 0.6 is 0 Å². The van der Waals surface area contributed by atoms with Crippen molar-refractivity contribution in [3.8, 4) is 11.1 Å². The molecule has 0 amide bonds. The summed E-state index contributed by atoms with van der Waals surface area (Å²) in [4.78, 5) is 23.2. The maximum atomic E-state index is 12.1. The molecule has 0 unspecified atom stereocenters. The van der Waals surface area contributed by atoms with Gasteiger partial charge in [-0.25, -0.2) is 0 Å². The second-order valence-electron chi connectivity index (χ2n) is 5.41. The molecule has 2 heteroatoms. The van der Waals surface area contributed by atoms with Crippen LogP contribution < -0.4 is 0 Å². The quantitative estimate of drug-likeness (QED) is 0.516. The molecular weight excluding hydrogens is 272 g/mol. The Kier molecular flexibility index (Phi) is 3.84. The number of benzene rings is 3. The van der Waals surface area contributed by atoms with Crippen molar-refractivity contribution in [2.45, 2.75) is 13.3 Å². The SMILES string of the molecule is CC(=O)CC(=O)c1cccc(-c2cccc3ccccc23)c1. The molecule has 22 heavy (non-hydrogen) atoms. The van der Waals surface area contributed by atoms with E-state index in [1.807, 2.05) is 36.4 Å². The number of fused-ring (bicyclic) bond motifs is 1. The maximum absolute atomic E-state index is 12.1. The fraction of sp³-hybridized carbons (Fsp3) is 0.100. The third-order valence-electron chi connectivity index (χ3n) is 3.69. The van der Waals surface area contributed by atoms with Gasteiger partial charge in [-0.15, -0.1) is 0 Å². The van der Waals surface area contributed by atoms with Gasteiger partial charge in [-0.2, -0.15) is 0 Å². The molecule has 2 nitrogen and oxygen atoms in total. The second kappa shape index (κ2) is 5.94. The molecule has 0 aliphatic heterocycles. The van der Waals surface area contributed by atoms with Gasteiger partial charge in [0.15, 0.2) is 5.78 Å². The van der Waals surface area contributed by atoms with Crippen LogP contribution in [0.5, 0.6) is 0 Å². The van der Waals surface area contributed by atoms with Crippen LogP contribution in [-0.2, 0) is 4.79 Å². The van der Waals surface area contributed by atoms with Crippen molar-refractivity contribution in [3.05, 3.63) is 72.3 Å². The summed E-state index contributed by atoms with van der Waals surface area (Å²) in [6.07, 6.45) is -0.0427. The lowest BCUT2D eigenvalue weighted by Crippen LogP contribution is -2.04. The molecule has 0 aromatic heterocycles. The molecule has 0 fully saturated rings. The highest BCUT2D eigenvalue weighted by Crippen LogP contribution is 2.29. The van der Waals surface area contributed by atoms with Gasteiger partial charge in [-0.3, -0.25) is 9.59 Å². The van der Waals surface area contributed by atoms with Gasteiger partial charge in [0.2, 0.25) is 0 Å². The van der Waals surface area contributed by atoms with Crippen LogP contribution in [0.2, 0.25) is 0 Å². The Morgan fingerprint density at radius 1 is 0.864 bits per heavy atom. The van der Waals surface area contributed by atoms with Crippen molar-refractivity contribution < 1.29 is 9.59 Å². The van der Waals surface area contributed by atoms with Crippen molar-refractivity contribution in [1.29, 1.82) is 0 Å². The molecule has 3 aromatic carbocycles. The maximum Gasteiger partial charge on any atom is 0.170 e. The van der Waals surface area contributed by atoms with E-state index in [1.54, 1.807) is 6.07 Å². The smallest absolute Gasteiger partial charge is 0.170 e. The summed E-state index contributed by atoms with van der Waals surface area (Å²) >= 11 is 0. The van der Waals surface area contributed by atoms with Crippen LogP contribution in [0.25, 0.3) is 21.9 Å². The molecule has 0 N–H and O–H groups in total. The highest BCUT2D eigenvalue weighted by atomic mass is 16.1. The van der Waals surface area contributed by atoms with Gasteiger partial charge in [0, 0.05) is 5.56 Å². The summed E-state index contributed by atoms with van der Waals surface area (Å²) in [6, 6.07) is 21.8. The molecule has 0 aliphatic rings. The van der Waals surface area contributed by atoms with Gasteiger partial charge in [0.05, 0.1) is 6.42 Å². The van der Waals surface area contributed by atoms with Crippen LogP contribution in [0.3, 0.4) is 0 Å². The van der Waals surface area contributed by atoms with Crippen LogP contribution in [-0.4, -0.2) is 11.6 Å². The van der Waals surface area contributed by atoms with Gasteiger partial charge < -0.3 is 0 Å². The van der Waals surface area contributed by atoms with Crippen molar-refractivity contribution in [3.63, 3.8) is 0 Å². The zero-order valence-electron chi connectivity index (χ0n) is 12.4. The Morgan fingerprint density at radius 2 is 1.59 bits per heavy atom. The minimum atomic E-state index is -0.130. The van der Waals surface area contributed by atoms with Crippen molar-refractivity contribution in [2.75, 3.05) is 0 Å². The number of rotatable bonds is 4. The first-order valence-electron chi connectivity index (χ1n) is 7.26. The summed E-state index contributed by atoms with van der Waals surface area (Å²) < 4.78 is 0. The summed E-state index contributed by atoms with van der Waals surface area (Å²) in [5.41, 5.74) is 2.67. The first-order chi connectivity index (χ1) is 10.6. The average molecular weight is 288 g/mol. The van der Waals surface area contributed by atoms with Crippen LogP contribution in [0.15, 0.2) is 66.7 Å². The minimum absolute atomic E-state index is 0.0427. The van der Waals surface area contributed by atoms with E-state index < -0.39 is 0 Å². The zero-order chi connectivity index (χ0) is 15.5. The zero-order valence-corrected chi connectivity index (χ0v) is 12.4. The molecule has 0 spiro atoms. The van der Waals surface area contributed by atoms with Crippen molar-refractivity contribution in [2.24, 2.45) is 0 Å². The standard InChI is InChI=1S/C20H16O2/c1-14(21)12-20(22)17-9-4-8-16(13-17)19-11-5-7-15-6-2-3-10-18(15)19/h2-11,13H,12H2,1H3. The lowest BCUT2D eigenvalue weighted by molar-refractivity contribution is -0.116. The predicted octanol–water partition coefficient (Wildman–Crippen LogP) is 4.67. The Hall–Kier alpha value is -2.74. The average Bonchev–Trinajstić information content (AvgIpc) is 2.54. The highest BCUT2D eigenvalue weighted by Gasteiger charge is 2.10. The van der Waals surface area contributed by atoms with Crippen LogP contribution in [0, 0.1) is 0 Å². The normalized spacial score (nSPS) is 10.6. The number of carbonyl (C=O) groups is 2. The van der Waals surface area contributed by atoms with E-state index in [9.17, 15) is 9.59 Å². The molecule has 0 saturated heterocycles. The monoisotopic (exact) mass is 288 g/mol. The molecule has 0 atom stereocenters. The Labute approximate surface area is 129 Å². The van der Waals surface area contributed by atoms with Gasteiger partial charge >= 0.3 is 0 Å². The number of hydrogen-bond acceptors (Lipinski definition) is 2. The van der Waals surface area contributed by atoms with Gasteiger partial charge in [-0.05, 0) is 34.9 Å². The molecule has 0 saturated carbocycles. The molecular formula is C20H16O2. The second-order valence-corrected chi connectivity index (χ2v) is 5.41. The topological polar surface area (TPSA) is 34.1 Å². The Bertz CT molecular complexity index is 857. The van der Waals surface area contributed by atoms with Crippen LogP contribution in [0.4, 0.5) is 0 Å². The Balaban J connectivity index is 2.08. The summed E-state index contributed by atoms with van der Waals surface area (Å²) in [5, 5.41) is 2.32. The van der Waals surface area contributed by atoms with E-state index in [2.05, 4.69) is 24.3 Å². The predicted molar refractivity (Wildman–Crippen MR) is 89.0 cm³/mol. The van der Waals surface area contributed by atoms with E-state index in [1.165, 1.54) is 12.3 Å². The van der Waals surface area contributed by atoms with Crippen molar-refractivity contribution >= 4 is 22.3 Å². The van der Waals surface area contributed by atoms with Crippen LogP contribution in [0.1, 0.15) is 23.7 Å². The van der Waals surface area contributed by atoms with Crippen molar-refractivity contribution in [1.82, 2.24) is 0 Å². The number of hydrogen-bond donors (Lipinski definition) is 0. The van der Waals surface area contributed by atoms with Gasteiger partial charge in [0.1, 0.15) is 5.78 Å². The third-order valence-corrected chi connectivity index (χ3v) is 3.69. The van der Waals surface area contributed by atoms with Gasteiger partial charge in [-0.1, -0.05) is 60.7 Å². The highest BCUT2D eigenvalue weighted by molar-refractivity contribution is 6.08. The molecule has 0 aliphatic carbocycles. The lowest BCUT2D eigenvalue weighted by Gasteiger charge is -2.08. The minimum Gasteiger partial charge on any atom is -0.300 e. The molecule has 0 bridgehead atoms. The molecule has 0 radical (unpaired) electrons. The fourth-order valence-electron chi connectivity index (χ4n) is 2.67. The third kappa shape index (κ3) is 2.82.